The average Bonchev–Trinajstić information content (AvgIpc) is 2.03. The third-order valence-electron chi connectivity index (χ3n) is 1.56. The van der Waals surface area contributed by atoms with Gasteiger partial charge in [-0.15, -0.1) is 0 Å². The molecule has 78 valence electrons. The van der Waals surface area contributed by atoms with Crippen LogP contribution < -0.4 is 0 Å². The SMILES string of the molecule is CC(CO)CSCC(C)(O)C(=O)O. The minimum absolute atomic E-state index is 0.0855. The van der Waals surface area contributed by atoms with Crippen LogP contribution in [0.3, 0.4) is 0 Å². The van der Waals surface area contributed by atoms with Gasteiger partial charge in [-0.3, -0.25) is 0 Å². The van der Waals surface area contributed by atoms with Crippen molar-refractivity contribution in [2.24, 2.45) is 5.92 Å². The van der Waals surface area contributed by atoms with E-state index in [4.69, 9.17) is 10.2 Å². The largest absolute Gasteiger partial charge is 0.479 e. The normalized spacial score (nSPS) is 17.8. The van der Waals surface area contributed by atoms with Gasteiger partial charge >= 0.3 is 5.97 Å². The summed E-state index contributed by atoms with van der Waals surface area (Å²) in [6, 6.07) is 0. The molecule has 0 aromatic heterocycles. The zero-order chi connectivity index (χ0) is 10.5. The summed E-state index contributed by atoms with van der Waals surface area (Å²) in [6.45, 7) is 3.22. The van der Waals surface area contributed by atoms with Crippen molar-refractivity contribution in [3.8, 4) is 0 Å². The Labute approximate surface area is 82.0 Å². The topological polar surface area (TPSA) is 77.8 Å². The molecule has 0 aromatic rings. The van der Waals surface area contributed by atoms with Crippen LogP contribution in [0, 0.1) is 5.92 Å². The van der Waals surface area contributed by atoms with Gasteiger partial charge < -0.3 is 15.3 Å². The van der Waals surface area contributed by atoms with Crippen LogP contribution >= 0.6 is 11.8 Å². The lowest BCUT2D eigenvalue weighted by molar-refractivity contribution is -0.154. The van der Waals surface area contributed by atoms with Gasteiger partial charge in [-0.05, 0) is 18.6 Å². The summed E-state index contributed by atoms with van der Waals surface area (Å²) >= 11 is 1.33. The molecule has 0 aliphatic rings. The highest BCUT2D eigenvalue weighted by molar-refractivity contribution is 7.99. The van der Waals surface area contributed by atoms with Gasteiger partial charge in [-0.1, -0.05) is 6.92 Å². The first kappa shape index (κ1) is 12.7. The van der Waals surface area contributed by atoms with Gasteiger partial charge in [0.25, 0.3) is 0 Å². The molecule has 2 unspecified atom stereocenters. The van der Waals surface area contributed by atoms with E-state index in [0.717, 1.165) is 0 Å². The fraction of sp³-hybridized carbons (Fsp3) is 0.875. The average molecular weight is 208 g/mol. The van der Waals surface area contributed by atoms with Gasteiger partial charge in [0.05, 0.1) is 0 Å². The van der Waals surface area contributed by atoms with E-state index < -0.39 is 11.6 Å². The number of aliphatic hydroxyl groups is 2. The molecule has 0 radical (unpaired) electrons. The zero-order valence-electron chi connectivity index (χ0n) is 7.86. The van der Waals surface area contributed by atoms with Crippen molar-refractivity contribution >= 4 is 17.7 Å². The first-order chi connectivity index (χ1) is 5.90. The first-order valence-electron chi connectivity index (χ1n) is 4.04. The van der Waals surface area contributed by atoms with Crippen LogP contribution in [-0.4, -0.2) is 45.0 Å². The number of rotatable bonds is 6. The number of carbonyl (C=O) groups is 1. The van der Waals surface area contributed by atoms with E-state index in [2.05, 4.69) is 0 Å². The molecule has 13 heavy (non-hydrogen) atoms. The smallest absolute Gasteiger partial charge is 0.336 e. The summed E-state index contributed by atoms with van der Waals surface area (Å²) in [5.41, 5.74) is -1.67. The molecular formula is C8H16O4S. The van der Waals surface area contributed by atoms with Gasteiger partial charge in [-0.25, -0.2) is 4.79 Å². The minimum Gasteiger partial charge on any atom is -0.479 e. The van der Waals surface area contributed by atoms with Crippen molar-refractivity contribution in [3.05, 3.63) is 0 Å². The van der Waals surface area contributed by atoms with Gasteiger partial charge in [0, 0.05) is 12.4 Å². The number of aliphatic hydroxyl groups excluding tert-OH is 1. The van der Waals surface area contributed by atoms with Gasteiger partial charge in [0.2, 0.25) is 0 Å². The van der Waals surface area contributed by atoms with Crippen LogP contribution in [0.2, 0.25) is 0 Å². The number of aliphatic carboxylic acids is 1. The second-order valence-corrected chi connectivity index (χ2v) is 4.41. The third kappa shape index (κ3) is 5.13. The predicted molar refractivity (Wildman–Crippen MR) is 51.8 cm³/mol. The predicted octanol–water partition coefficient (Wildman–Crippen LogP) is 0.184. The van der Waals surface area contributed by atoms with Crippen molar-refractivity contribution in [1.82, 2.24) is 0 Å². The van der Waals surface area contributed by atoms with E-state index >= 15 is 0 Å². The van der Waals surface area contributed by atoms with E-state index in [1.54, 1.807) is 0 Å². The summed E-state index contributed by atoms with van der Waals surface area (Å²) in [5, 5.41) is 26.5. The Kier molecular flexibility index (Phi) is 5.36. The Morgan fingerprint density at radius 1 is 1.62 bits per heavy atom. The number of thioether (sulfide) groups is 1. The Balaban J connectivity index is 3.70. The lowest BCUT2D eigenvalue weighted by atomic mass is 10.1. The van der Waals surface area contributed by atoms with Crippen LogP contribution in [0.5, 0.6) is 0 Å². The van der Waals surface area contributed by atoms with Crippen molar-refractivity contribution in [2.75, 3.05) is 18.1 Å². The van der Waals surface area contributed by atoms with Gasteiger partial charge in [0.15, 0.2) is 5.60 Å². The van der Waals surface area contributed by atoms with Crippen LogP contribution in [0.25, 0.3) is 0 Å². The fourth-order valence-electron chi connectivity index (χ4n) is 0.573. The number of carboxylic acids is 1. The van der Waals surface area contributed by atoms with Crippen molar-refractivity contribution in [3.63, 3.8) is 0 Å². The summed E-state index contributed by atoms with van der Waals surface area (Å²) in [7, 11) is 0. The lowest BCUT2D eigenvalue weighted by Gasteiger charge is -2.17. The zero-order valence-corrected chi connectivity index (χ0v) is 8.67. The molecule has 0 heterocycles. The summed E-state index contributed by atoms with van der Waals surface area (Å²) in [4.78, 5) is 10.5. The number of carboxylic acid groups (broad SMARTS) is 1. The molecule has 3 N–H and O–H groups in total. The maximum atomic E-state index is 10.5. The maximum absolute atomic E-state index is 10.5. The molecule has 0 saturated heterocycles. The first-order valence-corrected chi connectivity index (χ1v) is 5.20. The van der Waals surface area contributed by atoms with Crippen LogP contribution in [0.15, 0.2) is 0 Å². The standard InChI is InChI=1S/C8H16O4S/c1-6(3-9)4-13-5-8(2,12)7(10)11/h6,9,12H,3-5H2,1-2H3,(H,10,11). The van der Waals surface area contributed by atoms with Crippen LogP contribution in [0.4, 0.5) is 0 Å². The second kappa shape index (κ2) is 5.47. The van der Waals surface area contributed by atoms with E-state index in [1.807, 2.05) is 6.92 Å². The van der Waals surface area contributed by atoms with Crippen molar-refractivity contribution in [1.29, 1.82) is 0 Å². The van der Waals surface area contributed by atoms with E-state index in [1.165, 1.54) is 18.7 Å². The molecule has 0 fully saturated rings. The Hall–Kier alpha value is -0.260. The van der Waals surface area contributed by atoms with E-state index in [9.17, 15) is 9.90 Å². The summed E-state index contributed by atoms with van der Waals surface area (Å²) in [6.07, 6.45) is 0. The number of hydrogen-bond acceptors (Lipinski definition) is 4. The Morgan fingerprint density at radius 2 is 2.15 bits per heavy atom. The molecule has 0 aliphatic heterocycles. The van der Waals surface area contributed by atoms with Gasteiger partial charge in [-0.2, -0.15) is 11.8 Å². The molecule has 0 bridgehead atoms. The molecule has 0 aromatic carbocycles. The highest BCUT2D eigenvalue weighted by atomic mass is 32.2. The molecule has 0 spiro atoms. The highest BCUT2D eigenvalue weighted by Gasteiger charge is 2.29. The van der Waals surface area contributed by atoms with Crippen LogP contribution in [-0.2, 0) is 4.79 Å². The maximum Gasteiger partial charge on any atom is 0.336 e. The molecule has 5 heteroatoms. The quantitative estimate of drug-likeness (QED) is 0.580. The van der Waals surface area contributed by atoms with E-state index in [-0.39, 0.29) is 18.3 Å². The molecule has 0 amide bonds. The molecule has 0 rings (SSSR count). The molecular weight excluding hydrogens is 192 g/mol. The number of hydrogen-bond donors (Lipinski definition) is 3. The van der Waals surface area contributed by atoms with Crippen LogP contribution in [0.1, 0.15) is 13.8 Å². The van der Waals surface area contributed by atoms with Gasteiger partial charge in [0.1, 0.15) is 0 Å². The molecule has 2 atom stereocenters. The Morgan fingerprint density at radius 3 is 2.54 bits per heavy atom. The monoisotopic (exact) mass is 208 g/mol. The Bertz CT molecular complexity index is 170. The second-order valence-electron chi connectivity index (χ2n) is 3.38. The summed E-state index contributed by atoms with van der Waals surface area (Å²) in [5.74, 6) is -0.279. The third-order valence-corrected chi connectivity index (χ3v) is 3.13. The van der Waals surface area contributed by atoms with Crippen molar-refractivity contribution < 1.29 is 20.1 Å². The lowest BCUT2D eigenvalue weighted by Crippen LogP contribution is -2.37. The molecule has 0 saturated carbocycles. The fourth-order valence-corrected chi connectivity index (χ4v) is 1.72. The summed E-state index contributed by atoms with van der Waals surface area (Å²) < 4.78 is 0. The minimum atomic E-state index is -1.67. The van der Waals surface area contributed by atoms with Crippen molar-refractivity contribution in [2.45, 2.75) is 19.4 Å². The molecule has 0 aliphatic carbocycles. The van der Waals surface area contributed by atoms with E-state index in [0.29, 0.717) is 5.75 Å². The molecule has 4 nitrogen and oxygen atoms in total. The highest BCUT2D eigenvalue weighted by Crippen LogP contribution is 2.15.